The summed E-state index contributed by atoms with van der Waals surface area (Å²) in [4.78, 5) is 5.77. The predicted molar refractivity (Wildman–Crippen MR) is 60.6 cm³/mol. The summed E-state index contributed by atoms with van der Waals surface area (Å²) in [6, 6.07) is 0.376. The largest absolute Gasteiger partial charge is 0.306 e. The Hall–Kier alpha value is -0.670. The molecule has 0 radical (unpaired) electrons. The third kappa shape index (κ3) is 2.42. The van der Waals surface area contributed by atoms with Crippen LogP contribution in [-0.4, -0.2) is 11.0 Å². The van der Waals surface area contributed by atoms with Crippen LogP contribution >= 0.6 is 11.3 Å². The molecule has 1 saturated carbocycles. The van der Waals surface area contributed by atoms with Crippen LogP contribution in [0.3, 0.4) is 0 Å². The summed E-state index contributed by atoms with van der Waals surface area (Å²) in [5.41, 5.74) is 0. The highest BCUT2D eigenvalue weighted by Gasteiger charge is 2.26. The van der Waals surface area contributed by atoms with Crippen molar-refractivity contribution in [1.82, 2.24) is 10.3 Å². The summed E-state index contributed by atoms with van der Waals surface area (Å²) < 4.78 is 0. The van der Waals surface area contributed by atoms with Crippen LogP contribution in [0, 0.1) is 0 Å². The van der Waals surface area contributed by atoms with Gasteiger partial charge in [-0.05, 0) is 19.8 Å². The molecule has 1 atom stereocenters. The van der Waals surface area contributed by atoms with Crippen molar-refractivity contribution in [2.45, 2.75) is 38.3 Å². The number of aromatic nitrogens is 1. The van der Waals surface area contributed by atoms with Crippen LogP contribution in [0.25, 0.3) is 0 Å². The molecule has 1 heterocycles. The first-order valence-electron chi connectivity index (χ1n) is 5.10. The van der Waals surface area contributed by atoms with Crippen LogP contribution in [0.15, 0.2) is 18.9 Å². The van der Waals surface area contributed by atoms with E-state index in [1.54, 1.807) is 0 Å². The van der Waals surface area contributed by atoms with Gasteiger partial charge in [-0.25, -0.2) is 4.98 Å². The topological polar surface area (TPSA) is 24.9 Å². The van der Waals surface area contributed by atoms with Gasteiger partial charge in [-0.2, -0.15) is 0 Å². The van der Waals surface area contributed by atoms with Gasteiger partial charge in [-0.1, -0.05) is 6.08 Å². The van der Waals surface area contributed by atoms with Gasteiger partial charge in [0.25, 0.3) is 0 Å². The molecule has 0 amide bonds. The molecule has 3 heteroatoms. The average molecular weight is 208 g/mol. The average Bonchev–Trinajstić information content (AvgIpc) is 2.95. The molecule has 1 N–H and O–H groups in total. The molecular weight excluding hydrogens is 192 g/mol. The van der Waals surface area contributed by atoms with Crippen molar-refractivity contribution >= 4 is 11.3 Å². The Balaban J connectivity index is 1.86. The molecule has 0 aliphatic heterocycles. The van der Waals surface area contributed by atoms with Gasteiger partial charge in [-0.15, -0.1) is 17.9 Å². The quantitative estimate of drug-likeness (QED) is 0.753. The van der Waals surface area contributed by atoms with Crippen LogP contribution in [0.4, 0.5) is 0 Å². The van der Waals surface area contributed by atoms with Crippen molar-refractivity contribution in [3.63, 3.8) is 0 Å². The first-order chi connectivity index (χ1) is 6.79. The summed E-state index contributed by atoms with van der Waals surface area (Å²) in [5.74, 6) is 0.783. The molecule has 2 nitrogen and oxygen atoms in total. The summed E-state index contributed by atoms with van der Waals surface area (Å²) >= 11 is 1.85. The molecule has 0 aromatic carbocycles. The molecule has 1 aliphatic rings. The third-order valence-corrected chi connectivity index (χ3v) is 3.61. The summed E-state index contributed by atoms with van der Waals surface area (Å²) in [6.07, 6.45) is 6.59. The Morgan fingerprint density at radius 3 is 3.21 bits per heavy atom. The van der Waals surface area contributed by atoms with Crippen molar-refractivity contribution in [3.05, 3.63) is 28.7 Å². The second-order valence-electron chi connectivity index (χ2n) is 3.84. The van der Waals surface area contributed by atoms with Crippen molar-refractivity contribution in [2.24, 2.45) is 0 Å². The summed E-state index contributed by atoms with van der Waals surface area (Å²) in [7, 11) is 0. The fraction of sp³-hybridized carbons (Fsp3) is 0.545. The van der Waals surface area contributed by atoms with E-state index >= 15 is 0 Å². The molecule has 1 fully saturated rings. The van der Waals surface area contributed by atoms with Gasteiger partial charge in [0.1, 0.15) is 0 Å². The fourth-order valence-electron chi connectivity index (χ4n) is 1.27. The van der Waals surface area contributed by atoms with Gasteiger partial charge in [0, 0.05) is 29.6 Å². The van der Waals surface area contributed by atoms with E-state index in [0.717, 1.165) is 12.5 Å². The Morgan fingerprint density at radius 1 is 1.79 bits per heavy atom. The molecule has 14 heavy (non-hydrogen) atoms. The molecule has 76 valence electrons. The van der Waals surface area contributed by atoms with E-state index < -0.39 is 0 Å². The van der Waals surface area contributed by atoms with Crippen molar-refractivity contribution < 1.29 is 0 Å². The summed E-state index contributed by atoms with van der Waals surface area (Å²) in [6.45, 7) is 6.76. The molecule has 0 spiro atoms. The normalized spacial score (nSPS) is 18.1. The molecule has 1 unspecified atom stereocenters. The predicted octanol–water partition coefficient (Wildman–Crippen LogP) is 2.68. The lowest BCUT2D eigenvalue weighted by Crippen LogP contribution is -2.22. The maximum atomic E-state index is 4.43. The third-order valence-electron chi connectivity index (χ3n) is 2.45. The van der Waals surface area contributed by atoms with Crippen LogP contribution in [0.1, 0.15) is 35.6 Å². The van der Waals surface area contributed by atoms with Crippen LogP contribution in [0.5, 0.6) is 0 Å². The van der Waals surface area contributed by atoms with Crippen LogP contribution < -0.4 is 5.32 Å². The van der Waals surface area contributed by atoms with E-state index in [1.807, 2.05) is 23.6 Å². The minimum atomic E-state index is 0.376. The van der Waals surface area contributed by atoms with Gasteiger partial charge in [0.15, 0.2) is 0 Å². The second kappa shape index (κ2) is 4.24. The van der Waals surface area contributed by atoms with Gasteiger partial charge < -0.3 is 5.32 Å². The van der Waals surface area contributed by atoms with E-state index in [9.17, 15) is 0 Å². The molecular formula is C11H16N2S. The highest BCUT2D eigenvalue weighted by molar-refractivity contribution is 7.11. The zero-order valence-corrected chi connectivity index (χ0v) is 9.31. The van der Waals surface area contributed by atoms with Gasteiger partial charge in [-0.3, -0.25) is 0 Å². The second-order valence-corrected chi connectivity index (χ2v) is 4.99. The van der Waals surface area contributed by atoms with E-state index in [4.69, 9.17) is 0 Å². The molecule has 2 rings (SSSR count). The van der Waals surface area contributed by atoms with Crippen molar-refractivity contribution in [1.29, 1.82) is 0 Å². The zero-order valence-electron chi connectivity index (χ0n) is 8.49. The number of nitrogens with zero attached hydrogens (tertiary/aromatic N) is 1. The number of thiazole rings is 1. The van der Waals surface area contributed by atoms with Crippen molar-refractivity contribution in [2.75, 3.05) is 0 Å². The Labute approximate surface area is 89.1 Å². The maximum Gasteiger partial charge on any atom is 0.0959 e. The lowest BCUT2D eigenvalue weighted by molar-refractivity contribution is 0.639. The highest BCUT2D eigenvalue weighted by Crippen LogP contribution is 2.41. The zero-order chi connectivity index (χ0) is 9.97. The number of hydrogen-bond donors (Lipinski definition) is 1. The lowest BCUT2D eigenvalue weighted by atomic mass is 10.3. The molecule has 1 aliphatic carbocycles. The smallest absolute Gasteiger partial charge is 0.0959 e. The van der Waals surface area contributed by atoms with Gasteiger partial charge in [0.05, 0.1) is 5.01 Å². The number of hydrogen-bond acceptors (Lipinski definition) is 3. The van der Waals surface area contributed by atoms with Crippen LogP contribution in [0.2, 0.25) is 0 Å². The van der Waals surface area contributed by atoms with Crippen LogP contribution in [-0.2, 0) is 6.54 Å². The first kappa shape index (κ1) is 9.87. The minimum Gasteiger partial charge on any atom is -0.306 e. The molecule has 1 aromatic rings. The monoisotopic (exact) mass is 208 g/mol. The SMILES string of the molecule is C=CC(C)NCc1cnc(C2CC2)s1. The van der Waals surface area contributed by atoms with Gasteiger partial charge in [0.2, 0.25) is 0 Å². The minimum absolute atomic E-state index is 0.376. The van der Waals surface area contributed by atoms with E-state index in [2.05, 4.69) is 23.8 Å². The van der Waals surface area contributed by atoms with Crippen molar-refractivity contribution in [3.8, 4) is 0 Å². The standard InChI is InChI=1S/C11H16N2S/c1-3-8(2)12-6-10-7-13-11(14-10)9-4-5-9/h3,7-9,12H,1,4-6H2,2H3. The summed E-state index contributed by atoms with van der Waals surface area (Å²) in [5, 5.41) is 4.70. The Kier molecular flexibility index (Phi) is 2.99. The molecule has 0 bridgehead atoms. The maximum absolute atomic E-state index is 4.43. The van der Waals surface area contributed by atoms with Gasteiger partial charge >= 0.3 is 0 Å². The Bertz CT molecular complexity index is 315. The van der Waals surface area contributed by atoms with E-state index in [0.29, 0.717) is 6.04 Å². The number of nitrogens with one attached hydrogen (secondary N) is 1. The first-order valence-corrected chi connectivity index (χ1v) is 5.92. The fourth-order valence-corrected chi connectivity index (χ4v) is 2.31. The van der Waals surface area contributed by atoms with E-state index in [-0.39, 0.29) is 0 Å². The highest BCUT2D eigenvalue weighted by atomic mass is 32.1. The Morgan fingerprint density at radius 2 is 2.57 bits per heavy atom. The molecule has 0 saturated heterocycles. The molecule has 1 aromatic heterocycles. The lowest BCUT2D eigenvalue weighted by Gasteiger charge is -2.06. The van der Waals surface area contributed by atoms with E-state index in [1.165, 1.54) is 22.7 Å². The number of rotatable bonds is 5.